The summed E-state index contributed by atoms with van der Waals surface area (Å²) in [5, 5.41) is 3.70. The van der Waals surface area contributed by atoms with Crippen LogP contribution < -0.4 is 5.32 Å². The second-order valence-electron chi connectivity index (χ2n) is 12.9. The molecule has 0 bridgehead atoms. The Labute approximate surface area is 234 Å². The van der Waals surface area contributed by atoms with Crippen molar-refractivity contribution < 1.29 is 19.2 Å². The number of carbonyl (C=O) groups excluding carboxylic acids is 4. The van der Waals surface area contributed by atoms with E-state index >= 15 is 0 Å². The first-order valence-corrected chi connectivity index (χ1v) is 15.4. The third kappa shape index (κ3) is 6.06. The maximum absolute atomic E-state index is 14.4. The number of amides is 1. The van der Waals surface area contributed by atoms with Crippen LogP contribution >= 0.6 is 0 Å². The van der Waals surface area contributed by atoms with Gasteiger partial charge in [0.2, 0.25) is 5.91 Å². The van der Waals surface area contributed by atoms with E-state index < -0.39 is 11.1 Å². The molecule has 3 aliphatic rings. The van der Waals surface area contributed by atoms with Gasteiger partial charge in [-0.2, -0.15) is 0 Å². The molecule has 1 aromatic carbocycles. The van der Waals surface area contributed by atoms with Crippen LogP contribution in [0.5, 0.6) is 0 Å². The van der Waals surface area contributed by atoms with Gasteiger partial charge in [0.1, 0.15) is 6.29 Å². The van der Waals surface area contributed by atoms with Crippen LogP contribution in [-0.4, -0.2) is 51.8 Å². The number of carbonyl (C=O) groups is 4. The lowest BCUT2D eigenvalue weighted by molar-refractivity contribution is -0.174. The van der Waals surface area contributed by atoms with Crippen molar-refractivity contribution in [1.29, 1.82) is 0 Å². The summed E-state index contributed by atoms with van der Waals surface area (Å²) in [6.45, 7) is 7.85. The second-order valence-corrected chi connectivity index (χ2v) is 12.9. The average Bonchev–Trinajstić information content (AvgIpc) is 2.90. The normalized spacial score (nSPS) is 28.0. The van der Waals surface area contributed by atoms with Crippen molar-refractivity contribution in [2.24, 2.45) is 11.8 Å². The largest absolute Gasteiger partial charge is 0.326 e. The van der Waals surface area contributed by atoms with Crippen molar-refractivity contribution in [1.82, 2.24) is 10.2 Å². The molecule has 2 saturated carbocycles. The van der Waals surface area contributed by atoms with Crippen LogP contribution in [0.25, 0.3) is 0 Å². The first kappa shape index (κ1) is 29.6. The van der Waals surface area contributed by atoms with E-state index in [-0.39, 0.29) is 41.4 Å². The molecule has 1 saturated heterocycles. The summed E-state index contributed by atoms with van der Waals surface area (Å²) in [5.41, 5.74) is -0.601. The zero-order valence-corrected chi connectivity index (χ0v) is 24.5. The number of β-lactam (4-membered cyclic amide) rings is 1. The predicted molar refractivity (Wildman–Crippen MR) is 154 cm³/mol. The Balaban J connectivity index is 1.57. The predicted octanol–water partition coefficient (Wildman–Crippen LogP) is 6.31. The summed E-state index contributed by atoms with van der Waals surface area (Å²) < 4.78 is 0. The molecule has 1 unspecified atom stereocenters. The Kier molecular flexibility index (Phi) is 9.46. The second kappa shape index (κ2) is 12.4. The molecule has 0 radical (unpaired) electrons. The van der Waals surface area contributed by atoms with Crippen LogP contribution in [-0.2, 0) is 9.59 Å². The van der Waals surface area contributed by atoms with Crippen molar-refractivity contribution >= 4 is 23.8 Å². The Bertz CT molecular complexity index is 1050. The van der Waals surface area contributed by atoms with Crippen molar-refractivity contribution in [2.75, 3.05) is 0 Å². The Morgan fingerprint density at radius 1 is 0.897 bits per heavy atom. The highest BCUT2D eigenvalue weighted by molar-refractivity contribution is 6.03. The third-order valence-electron chi connectivity index (χ3n) is 9.94. The number of benzene rings is 1. The lowest BCUT2D eigenvalue weighted by atomic mass is 9.71. The van der Waals surface area contributed by atoms with E-state index in [4.69, 9.17) is 0 Å². The average molecular weight is 537 g/mol. The summed E-state index contributed by atoms with van der Waals surface area (Å²) in [5.74, 6) is 0.0947. The third-order valence-corrected chi connectivity index (χ3v) is 9.94. The van der Waals surface area contributed by atoms with Crippen LogP contribution in [0.4, 0.5) is 0 Å². The smallest absolute Gasteiger partial charge is 0.228 e. The maximum atomic E-state index is 14.4. The zero-order chi connectivity index (χ0) is 28.2. The summed E-state index contributed by atoms with van der Waals surface area (Å²) in [6, 6.07) is 6.82. The molecule has 1 aliphatic heterocycles. The van der Waals surface area contributed by atoms with E-state index in [9.17, 15) is 19.2 Å². The quantitative estimate of drug-likeness (QED) is 0.227. The van der Waals surface area contributed by atoms with Crippen LogP contribution in [0.3, 0.4) is 0 Å². The van der Waals surface area contributed by atoms with Crippen molar-refractivity contribution in [2.45, 2.75) is 134 Å². The Morgan fingerprint density at radius 2 is 1.49 bits per heavy atom. The standard InChI is InChI=1S/C33H48N2O4/c1-5-33(4,29(37)24-20-18-23(22-36)19-21-24)34-27-16-12-8-6-10-14-25(27)30(38)32(2,3)35-28-17-13-9-7-11-15-26(28)31(35)39/h18-22,25-28,34H,5-17H2,1-4H3/t25-,26-,27+,28+,33?/m1/s1. The van der Waals surface area contributed by atoms with Crippen LogP contribution in [0.1, 0.15) is 132 Å². The van der Waals surface area contributed by atoms with E-state index in [1.165, 1.54) is 12.8 Å². The monoisotopic (exact) mass is 536 g/mol. The summed E-state index contributed by atoms with van der Waals surface area (Å²) in [7, 11) is 0. The lowest BCUT2D eigenvalue weighted by Crippen LogP contribution is -2.71. The Hall–Kier alpha value is -2.34. The van der Waals surface area contributed by atoms with Gasteiger partial charge >= 0.3 is 0 Å². The number of likely N-dealkylation sites (tertiary alicyclic amines) is 1. The number of aldehydes is 1. The number of hydrogen-bond donors (Lipinski definition) is 1. The molecule has 6 heteroatoms. The summed E-state index contributed by atoms with van der Waals surface area (Å²) >= 11 is 0. The minimum atomic E-state index is -0.863. The van der Waals surface area contributed by atoms with Gasteiger partial charge in [-0.1, -0.05) is 82.6 Å². The van der Waals surface area contributed by atoms with Gasteiger partial charge in [0.25, 0.3) is 0 Å². The number of Topliss-reactive ketones (excluding diaryl/α,β-unsaturated/α-hetero) is 2. The molecular formula is C33H48N2O4. The van der Waals surface area contributed by atoms with Gasteiger partial charge in [-0.05, 0) is 52.9 Å². The molecule has 214 valence electrons. The van der Waals surface area contributed by atoms with Gasteiger partial charge in [-0.25, -0.2) is 0 Å². The molecule has 6 nitrogen and oxygen atoms in total. The molecule has 1 aromatic rings. The first-order chi connectivity index (χ1) is 18.6. The highest BCUT2D eigenvalue weighted by Gasteiger charge is 2.56. The molecule has 0 aromatic heterocycles. The van der Waals surface area contributed by atoms with Gasteiger partial charge in [0.15, 0.2) is 11.6 Å². The van der Waals surface area contributed by atoms with Crippen molar-refractivity contribution in [3.05, 3.63) is 35.4 Å². The molecule has 39 heavy (non-hydrogen) atoms. The van der Waals surface area contributed by atoms with Crippen molar-refractivity contribution in [3.63, 3.8) is 0 Å². The molecular weight excluding hydrogens is 488 g/mol. The highest BCUT2D eigenvalue weighted by Crippen LogP contribution is 2.43. The van der Waals surface area contributed by atoms with E-state index in [0.29, 0.717) is 17.5 Å². The number of ketones is 2. The number of hydrogen-bond acceptors (Lipinski definition) is 5. The van der Waals surface area contributed by atoms with E-state index in [1.54, 1.807) is 24.3 Å². The molecule has 4 rings (SSSR count). The van der Waals surface area contributed by atoms with E-state index in [1.807, 2.05) is 32.6 Å². The topological polar surface area (TPSA) is 83.6 Å². The zero-order valence-electron chi connectivity index (χ0n) is 24.5. The Morgan fingerprint density at radius 3 is 2.10 bits per heavy atom. The molecule has 5 atom stereocenters. The molecule has 2 aliphatic carbocycles. The van der Waals surface area contributed by atoms with Gasteiger partial charge in [-0.15, -0.1) is 0 Å². The molecule has 1 heterocycles. The summed E-state index contributed by atoms with van der Waals surface area (Å²) in [6.07, 6.45) is 13.8. The van der Waals surface area contributed by atoms with Gasteiger partial charge in [-0.3, -0.25) is 19.2 Å². The SMILES string of the molecule is CCC(C)(N[C@H]1CCCCCC[C@H]1C(=O)C(C)(C)N1C(=O)[C@@H]2CCCCCC[C@@H]21)C(=O)c1ccc(C=O)cc1. The van der Waals surface area contributed by atoms with Crippen LogP contribution in [0.2, 0.25) is 0 Å². The fraction of sp³-hybridized carbons (Fsp3) is 0.697. The van der Waals surface area contributed by atoms with Crippen molar-refractivity contribution in [3.8, 4) is 0 Å². The van der Waals surface area contributed by atoms with Gasteiger partial charge < -0.3 is 10.2 Å². The van der Waals surface area contributed by atoms with E-state index in [2.05, 4.69) is 5.32 Å². The van der Waals surface area contributed by atoms with Gasteiger partial charge in [0, 0.05) is 29.1 Å². The fourth-order valence-corrected chi connectivity index (χ4v) is 7.32. The minimum Gasteiger partial charge on any atom is -0.326 e. The minimum absolute atomic E-state index is 0.0229. The number of nitrogens with one attached hydrogen (secondary N) is 1. The highest BCUT2D eigenvalue weighted by atomic mass is 16.2. The lowest BCUT2D eigenvalue weighted by Gasteiger charge is -2.56. The maximum Gasteiger partial charge on any atom is 0.228 e. The summed E-state index contributed by atoms with van der Waals surface area (Å²) in [4.78, 5) is 54.6. The van der Waals surface area contributed by atoms with Crippen LogP contribution in [0, 0.1) is 11.8 Å². The number of nitrogens with zero attached hydrogens (tertiary/aromatic N) is 1. The molecule has 1 N–H and O–H groups in total. The molecule has 0 spiro atoms. The van der Waals surface area contributed by atoms with Crippen LogP contribution in [0.15, 0.2) is 24.3 Å². The molecule has 3 fully saturated rings. The van der Waals surface area contributed by atoms with Gasteiger partial charge in [0.05, 0.1) is 17.0 Å². The van der Waals surface area contributed by atoms with E-state index in [0.717, 1.165) is 70.5 Å². The first-order valence-electron chi connectivity index (χ1n) is 15.4. The number of rotatable bonds is 9. The number of fused-ring (bicyclic) bond motifs is 1. The molecule has 1 amide bonds. The fourth-order valence-electron chi connectivity index (χ4n) is 7.32.